The molecule has 8 heteroatoms. The second-order valence-electron chi connectivity index (χ2n) is 4.18. The third kappa shape index (κ3) is 4.77. The normalized spacial score (nSPS) is 10.1. The van der Waals surface area contributed by atoms with Gasteiger partial charge in [-0.15, -0.1) is 11.3 Å². The Morgan fingerprint density at radius 2 is 2.00 bits per heavy atom. The summed E-state index contributed by atoms with van der Waals surface area (Å²) >= 11 is 1.29. The molecule has 110 valence electrons. The molecule has 5 N–H and O–H groups in total. The van der Waals surface area contributed by atoms with Gasteiger partial charge < -0.3 is 21.5 Å². The fourth-order valence-corrected chi connectivity index (χ4v) is 2.13. The molecule has 0 fully saturated rings. The highest BCUT2D eigenvalue weighted by Gasteiger charge is 2.07. The first-order valence-corrected chi connectivity index (χ1v) is 6.92. The fourth-order valence-electron chi connectivity index (χ4n) is 1.56. The van der Waals surface area contributed by atoms with Crippen molar-refractivity contribution in [2.24, 2.45) is 5.73 Å². The van der Waals surface area contributed by atoms with E-state index in [0.29, 0.717) is 22.3 Å². The standard InChI is InChI=1S/C13H14N4O3S/c14-11(18)6-20-10-3-1-8(2-4-10)16-12(19)5-9-7-21-13(15)17-9/h1-4,7H,5-6H2,(H2,14,18)(H2,15,17)(H,16,19). The monoisotopic (exact) mass is 306 g/mol. The maximum atomic E-state index is 11.8. The maximum Gasteiger partial charge on any atom is 0.255 e. The first-order chi connectivity index (χ1) is 10.0. The van der Waals surface area contributed by atoms with Gasteiger partial charge in [-0.2, -0.15) is 0 Å². The van der Waals surface area contributed by atoms with Crippen LogP contribution in [0.2, 0.25) is 0 Å². The molecule has 2 rings (SSSR count). The van der Waals surface area contributed by atoms with Crippen molar-refractivity contribution in [1.82, 2.24) is 4.98 Å². The van der Waals surface area contributed by atoms with Gasteiger partial charge in [-0.1, -0.05) is 0 Å². The number of nitrogens with one attached hydrogen (secondary N) is 1. The lowest BCUT2D eigenvalue weighted by atomic mass is 10.2. The minimum Gasteiger partial charge on any atom is -0.484 e. The minimum atomic E-state index is -0.546. The molecule has 0 spiro atoms. The lowest BCUT2D eigenvalue weighted by Gasteiger charge is -2.06. The first kappa shape index (κ1) is 14.8. The van der Waals surface area contributed by atoms with Gasteiger partial charge >= 0.3 is 0 Å². The Morgan fingerprint density at radius 3 is 2.57 bits per heavy atom. The predicted molar refractivity (Wildman–Crippen MR) is 80.0 cm³/mol. The van der Waals surface area contributed by atoms with Crippen LogP contribution in [0.25, 0.3) is 0 Å². The summed E-state index contributed by atoms with van der Waals surface area (Å²) in [6.45, 7) is -0.184. The second kappa shape index (κ2) is 6.71. The number of primary amides is 1. The molecule has 0 saturated heterocycles. The zero-order valence-corrected chi connectivity index (χ0v) is 11.9. The molecule has 0 aliphatic carbocycles. The number of ether oxygens (including phenoxy) is 1. The van der Waals surface area contributed by atoms with E-state index >= 15 is 0 Å². The number of hydrogen-bond donors (Lipinski definition) is 3. The van der Waals surface area contributed by atoms with Crippen molar-refractivity contribution < 1.29 is 14.3 Å². The molecule has 0 unspecified atom stereocenters. The van der Waals surface area contributed by atoms with E-state index in [1.54, 1.807) is 29.6 Å². The highest BCUT2D eigenvalue weighted by atomic mass is 32.1. The third-order valence-electron chi connectivity index (χ3n) is 2.43. The van der Waals surface area contributed by atoms with Crippen molar-refractivity contribution >= 4 is 34.0 Å². The molecule has 0 radical (unpaired) electrons. The van der Waals surface area contributed by atoms with Gasteiger partial charge in [-0.05, 0) is 24.3 Å². The number of nitrogen functional groups attached to an aromatic ring is 1. The number of amides is 2. The van der Waals surface area contributed by atoms with Crippen LogP contribution >= 0.6 is 11.3 Å². The molecular formula is C13H14N4O3S. The van der Waals surface area contributed by atoms with Crippen LogP contribution in [0.15, 0.2) is 29.6 Å². The molecule has 21 heavy (non-hydrogen) atoms. The van der Waals surface area contributed by atoms with E-state index in [-0.39, 0.29) is 18.9 Å². The van der Waals surface area contributed by atoms with Gasteiger partial charge in [0, 0.05) is 11.1 Å². The van der Waals surface area contributed by atoms with Gasteiger partial charge in [-0.25, -0.2) is 4.98 Å². The number of nitrogens with two attached hydrogens (primary N) is 2. The summed E-state index contributed by atoms with van der Waals surface area (Å²) in [5.41, 5.74) is 11.7. The SMILES string of the molecule is NC(=O)COc1ccc(NC(=O)Cc2csc(N)n2)cc1. The smallest absolute Gasteiger partial charge is 0.255 e. The number of carbonyl (C=O) groups is 2. The van der Waals surface area contributed by atoms with Crippen molar-refractivity contribution in [3.63, 3.8) is 0 Å². The van der Waals surface area contributed by atoms with Gasteiger partial charge in [0.1, 0.15) is 5.75 Å². The van der Waals surface area contributed by atoms with Gasteiger partial charge in [0.2, 0.25) is 5.91 Å². The van der Waals surface area contributed by atoms with Crippen molar-refractivity contribution in [3.8, 4) is 5.75 Å². The molecule has 2 aromatic rings. The van der Waals surface area contributed by atoms with E-state index in [1.165, 1.54) is 11.3 Å². The molecule has 2 amide bonds. The lowest BCUT2D eigenvalue weighted by Crippen LogP contribution is -2.20. The van der Waals surface area contributed by atoms with Crippen molar-refractivity contribution in [1.29, 1.82) is 0 Å². The molecule has 0 aliphatic rings. The largest absolute Gasteiger partial charge is 0.484 e. The summed E-state index contributed by atoms with van der Waals surface area (Å²) in [6, 6.07) is 6.62. The molecule has 1 aromatic carbocycles. The molecule has 0 atom stereocenters. The van der Waals surface area contributed by atoms with E-state index in [9.17, 15) is 9.59 Å². The number of hydrogen-bond acceptors (Lipinski definition) is 6. The van der Waals surface area contributed by atoms with E-state index in [0.717, 1.165) is 0 Å². The number of benzene rings is 1. The van der Waals surface area contributed by atoms with E-state index < -0.39 is 5.91 Å². The van der Waals surface area contributed by atoms with Crippen molar-refractivity contribution in [3.05, 3.63) is 35.3 Å². The molecule has 1 heterocycles. The van der Waals surface area contributed by atoms with Crippen LogP contribution in [0.1, 0.15) is 5.69 Å². The lowest BCUT2D eigenvalue weighted by molar-refractivity contribution is -0.120. The summed E-state index contributed by atoms with van der Waals surface area (Å²) in [6.07, 6.45) is 0.160. The number of anilines is 2. The Kier molecular flexibility index (Phi) is 4.72. The van der Waals surface area contributed by atoms with Crippen LogP contribution in [-0.2, 0) is 16.0 Å². The van der Waals surface area contributed by atoms with Crippen molar-refractivity contribution in [2.45, 2.75) is 6.42 Å². The summed E-state index contributed by atoms with van der Waals surface area (Å²) < 4.78 is 5.12. The first-order valence-electron chi connectivity index (χ1n) is 6.04. The molecule has 0 bridgehead atoms. The Bertz CT molecular complexity index is 639. The summed E-state index contributed by atoms with van der Waals surface area (Å²) in [4.78, 5) is 26.4. The Balaban J connectivity index is 1.87. The topological polar surface area (TPSA) is 120 Å². The number of nitrogens with zero attached hydrogens (tertiary/aromatic N) is 1. The quantitative estimate of drug-likeness (QED) is 0.728. The van der Waals surface area contributed by atoms with Crippen molar-refractivity contribution in [2.75, 3.05) is 17.7 Å². The van der Waals surface area contributed by atoms with Crippen LogP contribution in [-0.4, -0.2) is 23.4 Å². The molecular weight excluding hydrogens is 292 g/mol. The van der Waals surface area contributed by atoms with Gasteiger partial charge in [0.15, 0.2) is 11.7 Å². The van der Waals surface area contributed by atoms with Crippen LogP contribution in [0.4, 0.5) is 10.8 Å². The summed E-state index contributed by atoms with van der Waals surface area (Å²) in [5.74, 6) is -0.236. The van der Waals surface area contributed by atoms with Crippen LogP contribution < -0.4 is 21.5 Å². The van der Waals surface area contributed by atoms with Gasteiger partial charge in [0.05, 0.1) is 12.1 Å². The van der Waals surface area contributed by atoms with Gasteiger partial charge in [0.25, 0.3) is 5.91 Å². The van der Waals surface area contributed by atoms with Crippen LogP contribution in [0.5, 0.6) is 5.75 Å². The number of thiazole rings is 1. The fraction of sp³-hybridized carbons (Fsp3) is 0.154. The Labute approximate surface area is 124 Å². The number of aromatic nitrogens is 1. The van der Waals surface area contributed by atoms with E-state index in [4.69, 9.17) is 16.2 Å². The molecule has 0 aliphatic heterocycles. The maximum absolute atomic E-state index is 11.8. The van der Waals surface area contributed by atoms with Crippen LogP contribution in [0, 0.1) is 0 Å². The number of rotatable bonds is 6. The average Bonchev–Trinajstić information content (AvgIpc) is 2.83. The minimum absolute atomic E-state index is 0.160. The molecule has 0 saturated carbocycles. The Morgan fingerprint density at radius 1 is 1.29 bits per heavy atom. The van der Waals surface area contributed by atoms with Gasteiger partial charge in [-0.3, -0.25) is 9.59 Å². The summed E-state index contributed by atoms with van der Waals surface area (Å²) in [7, 11) is 0. The zero-order valence-electron chi connectivity index (χ0n) is 11.0. The number of carbonyl (C=O) groups excluding carboxylic acids is 2. The predicted octanol–water partition coefficient (Wildman–Crippen LogP) is 0.771. The molecule has 7 nitrogen and oxygen atoms in total. The summed E-state index contributed by atoms with van der Waals surface area (Å²) in [5, 5.41) is 4.91. The van der Waals surface area contributed by atoms with Crippen LogP contribution in [0.3, 0.4) is 0 Å². The van der Waals surface area contributed by atoms with E-state index in [2.05, 4.69) is 10.3 Å². The Hall–Kier alpha value is -2.61. The highest BCUT2D eigenvalue weighted by Crippen LogP contribution is 2.16. The second-order valence-corrected chi connectivity index (χ2v) is 5.07. The zero-order chi connectivity index (χ0) is 15.2. The average molecular weight is 306 g/mol. The third-order valence-corrected chi connectivity index (χ3v) is 3.15. The van der Waals surface area contributed by atoms with E-state index in [1.807, 2.05) is 0 Å². The highest BCUT2D eigenvalue weighted by molar-refractivity contribution is 7.13. The molecule has 1 aromatic heterocycles.